The lowest BCUT2D eigenvalue weighted by atomic mass is 10.1. The molecular formula is C14H15BrN4O2. The third-order valence-electron chi connectivity index (χ3n) is 3.01. The van der Waals surface area contributed by atoms with E-state index in [0.29, 0.717) is 17.4 Å². The van der Waals surface area contributed by atoms with E-state index >= 15 is 0 Å². The van der Waals surface area contributed by atoms with Crippen LogP contribution in [0.3, 0.4) is 0 Å². The van der Waals surface area contributed by atoms with Crippen molar-refractivity contribution in [3.8, 4) is 0 Å². The summed E-state index contributed by atoms with van der Waals surface area (Å²) in [7, 11) is 0. The molecule has 1 aromatic heterocycles. The predicted octanol–water partition coefficient (Wildman–Crippen LogP) is 3.25. The van der Waals surface area contributed by atoms with Crippen LogP contribution in [-0.2, 0) is 0 Å². The minimum Gasteiger partial charge on any atom is -0.364 e. The van der Waals surface area contributed by atoms with Crippen LogP contribution in [0.15, 0.2) is 47.1 Å². The third kappa shape index (κ3) is 4.24. The van der Waals surface area contributed by atoms with Gasteiger partial charge in [0.2, 0.25) is 5.82 Å². The monoisotopic (exact) mass is 350 g/mol. The zero-order valence-electron chi connectivity index (χ0n) is 11.2. The van der Waals surface area contributed by atoms with E-state index in [1.54, 1.807) is 0 Å². The minimum absolute atomic E-state index is 0.0577. The molecule has 6 nitrogen and oxygen atoms in total. The second kappa shape index (κ2) is 7.14. The number of pyridine rings is 1. The van der Waals surface area contributed by atoms with Crippen molar-refractivity contribution in [3.63, 3.8) is 0 Å². The Morgan fingerprint density at radius 2 is 2.10 bits per heavy atom. The molecule has 2 rings (SSSR count). The molecule has 0 aliphatic carbocycles. The molecule has 1 aromatic carbocycles. The van der Waals surface area contributed by atoms with Crippen LogP contribution in [-0.4, -0.2) is 16.5 Å². The number of nitrogens with two attached hydrogens (primary N) is 1. The van der Waals surface area contributed by atoms with E-state index in [1.807, 2.05) is 30.3 Å². The van der Waals surface area contributed by atoms with Crippen LogP contribution in [0, 0.1) is 10.1 Å². The van der Waals surface area contributed by atoms with Gasteiger partial charge in [-0.2, -0.15) is 0 Å². The molecule has 0 saturated heterocycles. The summed E-state index contributed by atoms with van der Waals surface area (Å²) in [6.07, 6.45) is 2.17. The van der Waals surface area contributed by atoms with Crippen molar-refractivity contribution in [2.45, 2.75) is 12.5 Å². The maximum atomic E-state index is 11.0. The molecule has 1 heterocycles. The number of aromatic nitrogens is 1. The number of benzene rings is 1. The molecule has 0 saturated carbocycles. The van der Waals surface area contributed by atoms with Crippen molar-refractivity contribution >= 4 is 27.4 Å². The Bertz CT molecular complexity index is 622. The summed E-state index contributed by atoms with van der Waals surface area (Å²) >= 11 is 3.17. The van der Waals surface area contributed by atoms with Gasteiger partial charge in [-0.05, 0) is 27.9 Å². The highest BCUT2D eigenvalue weighted by Crippen LogP contribution is 2.25. The largest absolute Gasteiger partial charge is 0.364 e. The fourth-order valence-corrected chi connectivity index (χ4v) is 2.24. The highest BCUT2D eigenvalue weighted by atomic mass is 79.9. The Hall–Kier alpha value is -1.99. The van der Waals surface area contributed by atoms with Crippen molar-refractivity contribution < 1.29 is 4.92 Å². The third-order valence-corrected chi connectivity index (χ3v) is 3.44. The van der Waals surface area contributed by atoms with E-state index in [4.69, 9.17) is 5.73 Å². The van der Waals surface area contributed by atoms with E-state index in [-0.39, 0.29) is 17.5 Å². The lowest BCUT2D eigenvalue weighted by molar-refractivity contribution is -0.384. The highest BCUT2D eigenvalue weighted by molar-refractivity contribution is 9.10. The first-order chi connectivity index (χ1) is 10.1. The number of hydrogen-bond acceptors (Lipinski definition) is 5. The molecule has 21 heavy (non-hydrogen) atoms. The molecule has 0 radical (unpaired) electrons. The summed E-state index contributed by atoms with van der Waals surface area (Å²) in [5.41, 5.74) is 7.06. The SMILES string of the molecule is NC(CCNc1ncc(Br)cc1[N+](=O)[O-])c1ccccc1. The normalized spacial score (nSPS) is 11.9. The second-order valence-corrected chi connectivity index (χ2v) is 5.43. The van der Waals surface area contributed by atoms with Gasteiger partial charge in [0.15, 0.2) is 0 Å². The zero-order valence-corrected chi connectivity index (χ0v) is 12.8. The summed E-state index contributed by atoms with van der Waals surface area (Å²) in [6.45, 7) is 0.505. The minimum atomic E-state index is -0.461. The van der Waals surface area contributed by atoms with Crippen molar-refractivity contribution in [2.75, 3.05) is 11.9 Å². The van der Waals surface area contributed by atoms with Crippen molar-refractivity contribution in [2.24, 2.45) is 5.73 Å². The first-order valence-corrected chi connectivity index (χ1v) is 7.21. The lowest BCUT2D eigenvalue weighted by Crippen LogP contribution is -2.16. The van der Waals surface area contributed by atoms with E-state index in [0.717, 1.165) is 5.56 Å². The average molecular weight is 351 g/mol. The summed E-state index contributed by atoms with van der Waals surface area (Å²) in [4.78, 5) is 14.5. The Morgan fingerprint density at radius 1 is 1.38 bits per heavy atom. The van der Waals surface area contributed by atoms with Crippen molar-refractivity contribution in [1.29, 1.82) is 0 Å². The number of halogens is 1. The standard InChI is InChI=1S/C14H15BrN4O2/c15-11-8-13(19(20)21)14(18-9-11)17-7-6-12(16)10-4-2-1-3-5-10/h1-5,8-9,12H,6-7,16H2,(H,17,18). The average Bonchev–Trinajstić information content (AvgIpc) is 2.49. The molecule has 2 aromatic rings. The van der Waals surface area contributed by atoms with E-state index in [2.05, 4.69) is 26.2 Å². The summed E-state index contributed by atoms with van der Waals surface area (Å²) in [5.74, 6) is 0.253. The van der Waals surface area contributed by atoms with Crippen LogP contribution in [0.1, 0.15) is 18.0 Å². The number of anilines is 1. The molecule has 0 fully saturated rings. The van der Waals surface area contributed by atoms with Gasteiger partial charge >= 0.3 is 5.69 Å². The van der Waals surface area contributed by atoms with Gasteiger partial charge in [-0.15, -0.1) is 0 Å². The maximum Gasteiger partial charge on any atom is 0.312 e. The quantitative estimate of drug-likeness (QED) is 0.615. The summed E-state index contributed by atoms with van der Waals surface area (Å²) in [6, 6.07) is 11.0. The Balaban J connectivity index is 1.96. The Kier molecular flexibility index (Phi) is 5.24. The fraction of sp³-hybridized carbons (Fsp3) is 0.214. The van der Waals surface area contributed by atoms with Crippen LogP contribution in [0.25, 0.3) is 0 Å². The maximum absolute atomic E-state index is 11.0. The molecule has 1 unspecified atom stereocenters. The van der Waals surface area contributed by atoms with Gasteiger partial charge in [0.1, 0.15) is 0 Å². The molecular weight excluding hydrogens is 336 g/mol. The van der Waals surface area contributed by atoms with Gasteiger partial charge in [0.25, 0.3) is 0 Å². The van der Waals surface area contributed by atoms with Gasteiger partial charge in [0.05, 0.1) is 4.92 Å². The Labute approximate surface area is 130 Å². The molecule has 0 aliphatic heterocycles. The number of nitrogens with one attached hydrogen (secondary N) is 1. The van der Waals surface area contributed by atoms with E-state index in [1.165, 1.54) is 12.3 Å². The summed E-state index contributed by atoms with van der Waals surface area (Å²) < 4.78 is 0.570. The lowest BCUT2D eigenvalue weighted by Gasteiger charge is -2.12. The summed E-state index contributed by atoms with van der Waals surface area (Å²) in [5, 5.41) is 13.9. The van der Waals surface area contributed by atoms with E-state index < -0.39 is 4.92 Å². The smallest absolute Gasteiger partial charge is 0.312 e. The Morgan fingerprint density at radius 3 is 2.76 bits per heavy atom. The fourth-order valence-electron chi connectivity index (χ4n) is 1.92. The van der Waals surface area contributed by atoms with Gasteiger partial charge in [-0.1, -0.05) is 30.3 Å². The number of nitrogens with zero attached hydrogens (tertiary/aromatic N) is 2. The number of nitro groups is 1. The second-order valence-electron chi connectivity index (χ2n) is 4.51. The first-order valence-electron chi connectivity index (χ1n) is 6.42. The molecule has 1 atom stereocenters. The number of hydrogen-bond donors (Lipinski definition) is 2. The molecule has 0 amide bonds. The van der Waals surface area contributed by atoms with Crippen LogP contribution in [0.4, 0.5) is 11.5 Å². The highest BCUT2D eigenvalue weighted by Gasteiger charge is 2.15. The van der Waals surface area contributed by atoms with Crippen LogP contribution >= 0.6 is 15.9 Å². The molecule has 0 bridgehead atoms. The van der Waals surface area contributed by atoms with Gasteiger partial charge in [0, 0.05) is 29.3 Å². The molecule has 3 N–H and O–H groups in total. The van der Waals surface area contributed by atoms with Gasteiger partial charge in [-0.25, -0.2) is 4.98 Å². The predicted molar refractivity (Wildman–Crippen MR) is 85.1 cm³/mol. The molecule has 7 heteroatoms. The molecule has 110 valence electrons. The van der Waals surface area contributed by atoms with Gasteiger partial charge < -0.3 is 11.1 Å². The van der Waals surface area contributed by atoms with Gasteiger partial charge in [-0.3, -0.25) is 10.1 Å². The molecule has 0 spiro atoms. The van der Waals surface area contributed by atoms with Crippen LogP contribution < -0.4 is 11.1 Å². The first kappa shape index (κ1) is 15.4. The van der Waals surface area contributed by atoms with Crippen LogP contribution in [0.2, 0.25) is 0 Å². The molecule has 0 aliphatic rings. The topological polar surface area (TPSA) is 94.1 Å². The zero-order chi connectivity index (χ0) is 15.2. The van der Waals surface area contributed by atoms with Crippen LogP contribution in [0.5, 0.6) is 0 Å². The van der Waals surface area contributed by atoms with Crippen molar-refractivity contribution in [1.82, 2.24) is 4.98 Å². The van der Waals surface area contributed by atoms with E-state index in [9.17, 15) is 10.1 Å². The number of rotatable bonds is 6. The van der Waals surface area contributed by atoms with Crippen molar-refractivity contribution in [3.05, 3.63) is 62.7 Å².